The summed E-state index contributed by atoms with van der Waals surface area (Å²) < 4.78 is 26.5. The van der Waals surface area contributed by atoms with E-state index < -0.39 is 24.3 Å². The highest BCUT2D eigenvalue weighted by molar-refractivity contribution is 6.29. The van der Waals surface area contributed by atoms with E-state index in [9.17, 15) is 13.6 Å². The fourth-order valence-electron chi connectivity index (χ4n) is 1.46. The highest BCUT2D eigenvalue weighted by Crippen LogP contribution is 2.29. The minimum atomic E-state index is -2.99. The van der Waals surface area contributed by atoms with Gasteiger partial charge in [0, 0.05) is 5.03 Å². The normalized spacial score (nSPS) is 23.1. The molecule has 1 heterocycles. The minimum absolute atomic E-state index is 0. The highest BCUT2D eigenvalue weighted by atomic mass is 35.5. The second kappa shape index (κ2) is 6.37. The molecule has 1 atom stereocenters. The zero-order chi connectivity index (χ0) is 11.5. The average molecular weight is 275 g/mol. The molecule has 0 spiro atoms. The lowest BCUT2D eigenvalue weighted by Gasteiger charge is -2.30. The fourth-order valence-corrected chi connectivity index (χ4v) is 1.53. The van der Waals surface area contributed by atoms with E-state index in [4.69, 9.17) is 11.6 Å². The molecule has 94 valence electrons. The van der Waals surface area contributed by atoms with Crippen molar-refractivity contribution >= 4 is 29.9 Å². The van der Waals surface area contributed by atoms with Gasteiger partial charge in [0.2, 0.25) is 5.91 Å². The Kier molecular flexibility index (Phi) is 6.22. The van der Waals surface area contributed by atoms with Crippen LogP contribution in [0.25, 0.3) is 0 Å². The number of halogens is 4. The number of alkyl halides is 2. The topological polar surface area (TPSA) is 41.1 Å². The molecule has 0 radical (unpaired) electrons. The van der Waals surface area contributed by atoms with Crippen LogP contribution in [0.2, 0.25) is 0 Å². The van der Waals surface area contributed by atoms with E-state index in [2.05, 4.69) is 17.2 Å². The van der Waals surface area contributed by atoms with Gasteiger partial charge in [-0.15, -0.1) is 12.4 Å². The second-order valence-corrected chi connectivity index (χ2v) is 4.05. The lowest BCUT2D eigenvalue weighted by Crippen LogP contribution is -2.52. The minimum Gasteiger partial charge on any atom is -0.351 e. The summed E-state index contributed by atoms with van der Waals surface area (Å²) >= 11 is 5.42. The van der Waals surface area contributed by atoms with Crippen molar-refractivity contribution in [2.45, 2.75) is 12.3 Å². The number of hydrogen-bond donors (Lipinski definition) is 2. The largest absolute Gasteiger partial charge is 0.351 e. The average Bonchev–Trinajstić information content (AvgIpc) is 2.13. The van der Waals surface area contributed by atoms with E-state index in [0.717, 1.165) is 0 Å². The number of rotatable bonds is 3. The van der Waals surface area contributed by atoms with Gasteiger partial charge in [-0.25, -0.2) is 8.78 Å². The van der Waals surface area contributed by atoms with E-state index in [0.29, 0.717) is 6.54 Å². The lowest BCUT2D eigenvalue weighted by atomic mass is 9.93. The van der Waals surface area contributed by atoms with Crippen molar-refractivity contribution in [1.82, 2.24) is 10.6 Å². The monoisotopic (exact) mass is 274 g/mol. The summed E-state index contributed by atoms with van der Waals surface area (Å²) in [5.41, 5.74) is 0. The van der Waals surface area contributed by atoms with Crippen LogP contribution in [-0.4, -0.2) is 31.5 Å². The van der Waals surface area contributed by atoms with E-state index >= 15 is 0 Å². The third-order valence-corrected chi connectivity index (χ3v) is 2.38. The molecule has 3 nitrogen and oxygen atoms in total. The number of carbonyl (C=O) groups is 1. The van der Waals surface area contributed by atoms with Crippen LogP contribution in [-0.2, 0) is 4.79 Å². The van der Waals surface area contributed by atoms with Crippen molar-refractivity contribution in [3.8, 4) is 0 Å². The van der Waals surface area contributed by atoms with Gasteiger partial charge in [0.15, 0.2) is 0 Å². The lowest BCUT2D eigenvalue weighted by molar-refractivity contribution is -0.142. The van der Waals surface area contributed by atoms with E-state index in [1.54, 1.807) is 0 Å². The van der Waals surface area contributed by atoms with Crippen molar-refractivity contribution in [1.29, 1.82) is 0 Å². The number of carbonyl (C=O) groups excluding carboxylic acids is 1. The zero-order valence-corrected chi connectivity index (χ0v) is 10.1. The molecular weight excluding hydrogens is 261 g/mol. The molecule has 1 aliphatic heterocycles. The van der Waals surface area contributed by atoms with Crippen molar-refractivity contribution in [2.24, 2.45) is 5.92 Å². The van der Waals surface area contributed by atoms with Crippen molar-refractivity contribution in [3.63, 3.8) is 0 Å². The van der Waals surface area contributed by atoms with Crippen LogP contribution in [0.4, 0.5) is 8.78 Å². The Bertz CT molecular complexity index is 274. The smallest absolute Gasteiger partial charge is 0.271 e. The van der Waals surface area contributed by atoms with Gasteiger partial charge in [-0.1, -0.05) is 18.2 Å². The first kappa shape index (κ1) is 15.6. The summed E-state index contributed by atoms with van der Waals surface area (Å²) in [5, 5.41) is 5.10. The molecule has 1 amide bonds. The number of piperidine rings is 1. The van der Waals surface area contributed by atoms with Gasteiger partial charge in [0.25, 0.3) is 5.92 Å². The molecule has 0 aromatic rings. The predicted octanol–water partition coefficient (Wildman–Crippen LogP) is 1.52. The Balaban J connectivity index is 0.00000225. The van der Waals surface area contributed by atoms with Crippen LogP contribution in [0.15, 0.2) is 11.6 Å². The molecule has 1 rings (SSSR count). The summed E-state index contributed by atoms with van der Waals surface area (Å²) in [4.78, 5) is 11.4. The second-order valence-electron chi connectivity index (χ2n) is 3.51. The molecule has 0 aromatic carbocycles. The van der Waals surface area contributed by atoms with Crippen molar-refractivity contribution in [2.75, 3.05) is 19.6 Å². The summed E-state index contributed by atoms with van der Waals surface area (Å²) in [7, 11) is 0. The maximum atomic E-state index is 13.3. The summed E-state index contributed by atoms with van der Waals surface area (Å²) in [6.45, 7) is 3.36. The maximum Gasteiger partial charge on any atom is 0.271 e. The van der Waals surface area contributed by atoms with Crippen molar-refractivity contribution in [3.05, 3.63) is 11.6 Å². The number of nitrogens with one attached hydrogen (secondary N) is 2. The van der Waals surface area contributed by atoms with Gasteiger partial charge >= 0.3 is 0 Å². The number of amides is 1. The Hall–Kier alpha value is -0.390. The highest BCUT2D eigenvalue weighted by Gasteiger charge is 2.45. The Morgan fingerprint density at radius 2 is 2.25 bits per heavy atom. The summed E-state index contributed by atoms with van der Waals surface area (Å²) in [6.07, 6.45) is 0.133. The molecule has 0 saturated carbocycles. The molecule has 7 heteroatoms. The van der Waals surface area contributed by atoms with Gasteiger partial charge in [-0.05, 0) is 13.0 Å². The van der Waals surface area contributed by atoms with Crippen LogP contribution >= 0.6 is 24.0 Å². The van der Waals surface area contributed by atoms with Crippen molar-refractivity contribution < 1.29 is 13.6 Å². The van der Waals surface area contributed by atoms with Gasteiger partial charge in [-0.3, -0.25) is 4.79 Å². The van der Waals surface area contributed by atoms with E-state index in [1.165, 1.54) is 0 Å². The zero-order valence-electron chi connectivity index (χ0n) is 8.56. The molecule has 0 aromatic heterocycles. The van der Waals surface area contributed by atoms with E-state index in [-0.39, 0.29) is 30.4 Å². The summed E-state index contributed by atoms with van der Waals surface area (Å²) in [6, 6.07) is 0. The molecule has 0 bridgehead atoms. The Labute approximate surface area is 104 Å². The van der Waals surface area contributed by atoms with Crippen LogP contribution in [0, 0.1) is 5.92 Å². The molecule has 1 fully saturated rings. The SMILES string of the molecule is C=C(Cl)CNC(=O)C1CCNCC1(F)F.Cl. The first-order valence-electron chi connectivity index (χ1n) is 4.63. The molecule has 2 N–H and O–H groups in total. The Morgan fingerprint density at radius 3 is 2.75 bits per heavy atom. The summed E-state index contributed by atoms with van der Waals surface area (Å²) in [5.74, 6) is -4.92. The molecular formula is C9H14Cl2F2N2O. The maximum absolute atomic E-state index is 13.3. The third kappa shape index (κ3) is 4.23. The van der Waals surface area contributed by atoms with Gasteiger partial charge in [0.05, 0.1) is 13.1 Å². The molecule has 16 heavy (non-hydrogen) atoms. The predicted molar refractivity (Wildman–Crippen MR) is 61.2 cm³/mol. The van der Waals surface area contributed by atoms with Gasteiger partial charge in [-0.2, -0.15) is 0 Å². The standard InChI is InChI=1S/C9H13ClF2N2O.ClH/c1-6(10)4-14-8(15)7-2-3-13-5-9(7,11)12;/h7,13H,1-5H2,(H,14,15);1H. The molecule has 1 unspecified atom stereocenters. The third-order valence-electron chi connectivity index (χ3n) is 2.25. The first-order chi connectivity index (χ1) is 6.93. The first-order valence-corrected chi connectivity index (χ1v) is 5.01. The quantitative estimate of drug-likeness (QED) is 0.820. The van der Waals surface area contributed by atoms with Crippen LogP contribution < -0.4 is 10.6 Å². The molecule has 0 aliphatic carbocycles. The van der Waals surface area contributed by atoms with Gasteiger partial charge < -0.3 is 10.6 Å². The number of hydrogen-bond acceptors (Lipinski definition) is 2. The molecule has 1 aliphatic rings. The van der Waals surface area contributed by atoms with E-state index in [1.807, 2.05) is 0 Å². The fraction of sp³-hybridized carbons (Fsp3) is 0.667. The van der Waals surface area contributed by atoms with Gasteiger partial charge in [0.1, 0.15) is 5.92 Å². The van der Waals surface area contributed by atoms with Crippen LogP contribution in [0.5, 0.6) is 0 Å². The molecule has 1 saturated heterocycles. The van der Waals surface area contributed by atoms with Crippen LogP contribution in [0.1, 0.15) is 6.42 Å². The Morgan fingerprint density at radius 1 is 1.62 bits per heavy atom. The van der Waals surface area contributed by atoms with Crippen LogP contribution in [0.3, 0.4) is 0 Å².